The van der Waals surface area contributed by atoms with Gasteiger partial charge in [0.2, 0.25) is 10.0 Å². The molecule has 0 saturated heterocycles. The molecular weight excluding hydrogens is 286 g/mol. The minimum absolute atomic E-state index is 0.0162. The van der Waals surface area contributed by atoms with Crippen molar-refractivity contribution in [1.82, 2.24) is 14.5 Å². The Kier molecular flexibility index (Phi) is 4.80. The summed E-state index contributed by atoms with van der Waals surface area (Å²) in [6, 6.07) is 7.98. The molecular formula is C15H21N3O2S. The highest BCUT2D eigenvalue weighted by atomic mass is 32.2. The third-order valence-corrected chi connectivity index (χ3v) is 4.73. The average molecular weight is 307 g/mol. The van der Waals surface area contributed by atoms with Crippen LogP contribution in [0.2, 0.25) is 0 Å². The van der Waals surface area contributed by atoms with E-state index in [1.54, 1.807) is 6.92 Å². The number of hydrogen-bond acceptors (Lipinski definition) is 3. The molecule has 0 aliphatic carbocycles. The Balaban J connectivity index is 1.91. The fourth-order valence-corrected chi connectivity index (χ4v) is 3.47. The number of benzene rings is 1. The fraction of sp³-hybridized carbons (Fsp3) is 0.400. The monoisotopic (exact) mass is 307 g/mol. The first kappa shape index (κ1) is 15.7. The first-order valence-corrected chi connectivity index (χ1v) is 8.58. The summed E-state index contributed by atoms with van der Waals surface area (Å²) in [5.74, 6) is -0.0162. The van der Waals surface area contributed by atoms with Gasteiger partial charge in [0.05, 0.1) is 11.3 Å². The first-order valence-electron chi connectivity index (χ1n) is 6.93. The van der Waals surface area contributed by atoms with E-state index in [2.05, 4.69) is 16.4 Å². The second kappa shape index (κ2) is 6.41. The van der Waals surface area contributed by atoms with E-state index >= 15 is 0 Å². The first-order chi connectivity index (χ1) is 9.89. The maximum atomic E-state index is 11.7. The van der Waals surface area contributed by atoms with Gasteiger partial charge < -0.3 is 0 Å². The van der Waals surface area contributed by atoms with Gasteiger partial charge in [0.25, 0.3) is 0 Å². The zero-order valence-corrected chi connectivity index (χ0v) is 13.3. The van der Waals surface area contributed by atoms with Crippen molar-refractivity contribution >= 4 is 20.9 Å². The quantitative estimate of drug-likeness (QED) is 0.630. The Morgan fingerprint density at radius 3 is 2.76 bits per heavy atom. The summed E-state index contributed by atoms with van der Waals surface area (Å²) >= 11 is 0. The van der Waals surface area contributed by atoms with Gasteiger partial charge in [-0.15, -0.1) is 0 Å². The molecule has 2 rings (SSSR count). The number of aromatic nitrogens is 2. The molecule has 21 heavy (non-hydrogen) atoms. The number of nitrogens with zero attached hydrogens (tertiary/aromatic N) is 2. The summed E-state index contributed by atoms with van der Waals surface area (Å²) in [5.41, 5.74) is 2.71. The van der Waals surface area contributed by atoms with Crippen molar-refractivity contribution < 1.29 is 8.42 Å². The summed E-state index contributed by atoms with van der Waals surface area (Å²) in [4.78, 5) is 0. The molecule has 2 aromatic rings. The Bertz CT molecular complexity index is 747. The lowest BCUT2D eigenvalue weighted by Gasteiger charge is -2.07. The SMILES string of the molecule is C=C(C)CS(=O)(=O)NCCCn1nc2ccccc2c1C. The molecule has 1 aromatic carbocycles. The number of hydrogen-bond donors (Lipinski definition) is 1. The van der Waals surface area contributed by atoms with E-state index in [9.17, 15) is 8.42 Å². The topological polar surface area (TPSA) is 64.0 Å². The van der Waals surface area contributed by atoms with Crippen LogP contribution in [-0.2, 0) is 16.6 Å². The van der Waals surface area contributed by atoms with Crippen molar-refractivity contribution in [2.75, 3.05) is 12.3 Å². The number of fused-ring (bicyclic) bond motifs is 1. The van der Waals surface area contributed by atoms with E-state index in [-0.39, 0.29) is 5.75 Å². The van der Waals surface area contributed by atoms with Gasteiger partial charge in [-0.05, 0) is 26.3 Å². The van der Waals surface area contributed by atoms with Crippen LogP contribution in [0.3, 0.4) is 0 Å². The Morgan fingerprint density at radius 1 is 1.38 bits per heavy atom. The van der Waals surface area contributed by atoms with Gasteiger partial charge in [-0.25, -0.2) is 13.1 Å². The van der Waals surface area contributed by atoms with E-state index in [4.69, 9.17) is 0 Å². The highest BCUT2D eigenvalue weighted by Crippen LogP contribution is 2.17. The Hall–Kier alpha value is -1.66. The minimum atomic E-state index is -3.25. The Labute approximate surface area is 125 Å². The molecule has 1 N–H and O–H groups in total. The summed E-state index contributed by atoms with van der Waals surface area (Å²) < 4.78 is 27.8. The number of aryl methyl sites for hydroxylation is 2. The molecule has 0 amide bonds. The second-order valence-corrected chi connectivity index (χ2v) is 7.10. The predicted octanol–water partition coefficient (Wildman–Crippen LogP) is 2.23. The van der Waals surface area contributed by atoms with E-state index in [0.717, 1.165) is 16.6 Å². The third kappa shape index (κ3) is 4.15. The molecule has 0 aliphatic heterocycles. The van der Waals surface area contributed by atoms with Gasteiger partial charge >= 0.3 is 0 Å². The van der Waals surface area contributed by atoms with Gasteiger partial charge in [0.1, 0.15) is 0 Å². The number of sulfonamides is 1. The molecule has 0 radical (unpaired) electrons. The molecule has 0 saturated carbocycles. The lowest BCUT2D eigenvalue weighted by molar-refractivity contribution is 0.550. The van der Waals surface area contributed by atoms with Crippen LogP contribution in [-0.4, -0.2) is 30.5 Å². The molecule has 0 bridgehead atoms. The van der Waals surface area contributed by atoms with Gasteiger partial charge in [0.15, 0.2) is 0 Å². The van der Waals surface area contributed by atoms with Crippen LogP contribution in [0.15, 0.2) is 36.4 Å². The highest BCUT2D eigenvalue weighted by molar-refractivity contribution is 7.89. The second-order valence-electron chi connectivity index (χ2n) is 5.29. The minimum Gasteiger partial charge on any atom is -0.269 e. The van der Waals surface area contributed by atoms with E-state index < -0.39 is 10.0 Å². The van der Waals surface area contributed by atoms with E-state index in [0.29, 0.717) is 25.1 Å². The Morgan fingerprint density at radius 2 is 2.10 bits per heavy atom. The summed E-state index contributed by atoms with van der Waals surface area (Å²) in [5, 5.41) is 5.66. The third-order valence-electron chi connectivity index (χ3n) is 3.21. The molecule has 1 heterocycles. The van der Waals surface area contributed by atoms with E-state index in [1.165, 1.54) is 0 Å². The standard InChI is InChI=1S/C15H21N3O2S/c1-12(2)11-21(19,20)16-9-6-10-18-13(3)14-7-4-5-8-15(14)17-18/h4-5,7-8,16H,1,6,9-11H2,2-3H3. The molecule has 0 atom stereocenters. The van der Waals surface area contributed by atoms with Crippen molar-refractivity contribution in [2.45, 2.75) is 26.8 Å². The molecule has 0 aliphatic rings. The maximum absolute atomic E-state index is 11.7. The molecule has 0 spiro atoms. The van der Waals surface area contributed by atoms with Crippen LogP contribution in [0.5, 0.6) is 0 Å². The number of nitrogens with one attached hydrogen (secondary N) is 1. The summed E-state index contributed by atoms with van der Waals surface area (Å²) in [6.07, 6.45) is 0.699. The van der Waals surface area contributed by atoms with E-state index in [1.807, 2.05) is 35.9 Å². The van der Waals surface area contributed by atoms with Crippen molar-refractivity contribution in [1.29, 1.82) is 0 Å². The van der Waals surface area contributed by atoms with Gasteiger partial charge in [-0.1, -0.05) is 30.4 Å². The predicted molar refractivity (Wildman–Crippen MR) is 85.7 cm³/mol. The highest BCUT2D eigenvalue weighted by Gasteiger charge is 2.10. The lowest BCUT2D eigenvalue weighted by atomic mass is 10.2. The van der Waals surface area contributed by atoms with Crippen molar-refractivity contribution in [3.05, 3.63) is 42.1 Å². The molecule has 0 fully saturated rings. The van der Waals surface area contributed by atoms with Crippen LogP contribution >= 0.6 is 0 Å². The molecule has 5 nitrogen and oxygen atoms in total. The molecule has 114 valence electrons. The zero-order chi connectivity index (χ0) is 15.5. The van der Waals surface area contributed by atoms with Crippen LogP contribution < -0.4 is 4.72 Å². The number of rotatable bonds is 7. The van der Waals surface area contributed by atoms with Crippen molar-refractivity contribution in [2.24, 2.45) is 0 Å². The smallest absolute Gasteiger partial charge is 0.215 e. The van der Waals surface area contributed by atoms with Gasteiger partial charge in [0, 0.05) is 24.2 Å². The lowest BCUT2D eigenvalue weighted by Crippen LogP contribution is -2.28. The fourth-order valence-electron chi connectivity index (χ4n) is 2.26. The molecule has 6 heteroatoms. The summed E-state index contributed by atoms with van der Waals surface area (Å²) in [6.45, 7) is 8.45. The maximum Gasteiger partial charge on any atom is 0.215 e. The summed E-state index contributed by atoms with van der Waals surface area (Å²) in [7, 11) is -3.25. The van der Waals surface area contributed by atoms with Crippen LogP contribution in [0.25, 0.3) is 10.9 Å². The average Bonchev–Trinajstić information content (AvgIpc) is 2.71. The van der Waals surface area contributed by atoms with Crippen molar-refractivity contribution in [3.8, 4) is 0 Å². The molecule has 0 unspecified atom stereocenters. The van der Waals surface area contributed by atoms with Crippen LogP contribution in [0.4, 0.5) is 0 Å². The van der Waals surface area contributed by atoms with Crippen LogP contribution in [0, 0.1) is 6.92 Å². The van der Waals surface area contributed by atoms with Gasteiger partial charge in [-0.2, -0.15) is 5.10 Å². The normalized spacial score (nSPS) is 11.9. The van der Waals surface area contributed by atoms with Gasteiger partial charge in [-0.3, -0.25) is 4.68 Å². The van der Waals surface area contributed by atoms with Crippen LogP contribution in [0.1, 0.15) is 19.0 Å². The largest absolute Gasteiger partial charge is 0.269 e. The van der Waals surface area contributed by atoms with Crippen molar-refractivity contribution in [3.63, 3.8) is 0 Å². The zero-order valence-electron chi connectivity index (χ0n) is 12.5. The molecule has 1 aromatic heterocycles.